The van der Waals surface area contributed by atoms with E-state index in [0.29, 0.717) is 6.42 Å². The normalized spacial score (nSPS) is 34.2. The minimum atomic E-state index is -4.06. The van der Waals surface area contributed by atoms with Gasteiger partial charge < -0.3 is 25.3 Å². The molecule has 0 bridgehead atoms. The fourth-order valence-corrected chi connectivity index (χ4v) is 6.37. The van der Waals surface area contributed by atoms with Crippen molar-refractivity contribution in [3.05, 3.63) is 58.5 Å². The summed E-state index contributed by atoms with van der Waals surface area (Å²) in [6.45, 7) is 4.58. The molecule has 3 aromatic rings. The van der Waals surface area contributed by atoms with E-state index in [4.69, 9.17) is 24.0 Å². The summed E-state index contributed by atoms with van der Waals surface area (Å²) in [5.74, 6) is -0.106. The third kappa shape index (κ3) is 4.50. The first-order valence-electron chi connectivity index (χ1n) is 11.5. The fraction of sp³-hybridized carbons (Fsp3) is 0.478. The van der Waals surface area contributed by atoms with Gasteiger partial charge in [-0.25, -0.2) is 4.57 Å². The molecule has 5 rings (SSSR count). The van der Waals surface area contributed by atoms with Gasteiger partial charge in [0.05, 0.1) is 23.7 Å². The summed E-state index contributed by atoms with van der Waals surface area (Å²) in [7, 11) is -4.06. The Kier molecular flexibility index (Phi) is 6.12. The van der Waals surface area contributed by atoms with Crippen LogP contribution in [0, 0.1) is 0 Å². The minimum Gasteiger partial charge on any atom is -0.387 e. The molecule has 12 nitrogen and oxygen atoms in total. The van der Waals surface area contributed by atoms with Gasteiger partial charge in [0.2, 0.25) is 5.95 Å². The molecule has 2 aliphatic rings. The summed E-state index contributed by atoms with van der Waals surface area (Å²) in [6, 6.07) is 10.8. The molecule has 36 heavy (non-hydrogen) atoms. The summed E-state index contributed by atoms with van der Waals surface area (Å²) in [6.07, 6.45) is -2.24. The van der Waals surface area contributed by atoms with E-state index < -0.39 is 55.7 Å². The van der Waals surface area contributed by atoms with Crippen molar-refractivity contribution in [2.24, 2.45) is 0 Å². The second-order valence-electron chi connectivity index (χ2n) is 9.91. The Morgan fingerprint density at radius 2 is 2.00 bits per heavy atom. The second-order valence-corrected chi connectivity index (χ2v) is 11.5. The SMILES string of the molecule is CC1(C)C[C@@H](c2ccccc2)O[P@@](=O)(OC[C@H]2O[C@@H](n3ccc4c(=O)[nH]c(N)nc43)[C@](C)(O)[C@@H]2O)O1. The molecule has 1 aromatic carbocycles. The monoisotopic (exact) mass is 520 g/mol. The number of nitrogens with zero attached hydrogens (tertiary/aromatic N) is 2. The second kappa shape index (κ2) is 8.77. The van der Waals surface area contributed by atoms with E-state index in [1.165, 1.54) is 23.8 Å². The molecule has 2 saturated heterocycles. The van der Waals surface area contributed by atoms with Crippen molar-refractivity contribution >= 4 is 24.8 Å². The maximum Gasteiger partial charge on any atom is 0.476 e. The Labute approximate surface area is 206 Å². The summed E-state index contributed by atoms with van der Waals surface area (Å²) < 4.78 is 37.9. The van der Waals surface area contributed by atoms with Crippen molar-refractivity contribution in [3.8, 4) is 0 Å². The summed E-state index contributed by atoms with van der Waals surface area (Å²) >= 11 is 0. The molecule has 6 atom stereocenters. The van der Waals surface area contributed by atoms with Crippen LogP contribution in [0.2, 0.25) is 0 Å². The van der Waals surface area contributed by atoms with Crippen molar-refractivity contribution in [1.29, 1.82) is 0 Å². The number of phosphoric acid groups is 1. The van der Waals surface area contributed by atoms with E-state index in [1.807, 2.05) is 30.3 Å². The summed E-state index contributed by atoms with van der Waals surface area (Å²) in [4.78, 5) is 18.7. The maximum atomic E-state index is 13.5. The minimum absolute atomic E-state index is 0.106. The molecule has 2 aliphatic heterocycles. The molecule has 5 N–H and O–H groups in total. The molecule has 0 spiro atoms. The number of aromatic amines is 1. The number of aliphatic hydroxyl groups is 2. The largest absolute Gasteiger partial charge is 0.476 e. The first-order chi connectivity index (χ1) is 16.9. The topological polar surface area (TPSA) is 171 Å². The van der Waals surface area contributed by atoms with Crippen molar-refractivity contribution < 1.29 is 33.1 Å². The van der Waals surface area contributed by atoms with Crippen LogP contribution in [0.4, 0.5) is 5.95 Å². The van der Waals surface area contributed by atoms with Crippen molar-refractivity contribution in [2.75, 3.05) is 12.3 Å². The quantitative estimate of drug-likeness (QED) is 0.366. The van der Waals surface area contributed by atoms with Gasteiger partial charge in [0.25, 0.3) is 5.56 Å². The molecule has 0 aliphatic carbocycles. The lowest BCUT2D eigenvalue weighted by Crippen LogP contribution is -2.44. The fourth-order valence-electron chi connectivity index (χ4n) is 4.70. The van der Waals surface area contributed by atoms with Gasteiger partial charge in [0, 0.05) is 12.6 Å². The number of aromatic nitrogens is 3. The average Bonchev–Trinajstić information content (AvgIpc) is 3.30. The van der Waals surface area contributed by atoms with Gasteiger partial charge in [0.15, 0.2) is 11.9 Å². The van der Waals surface area contributed by atoms with E-state index >= 15 is 0 Å². The number of nitrogens with two attached hydrogens (primary N) is 1. The number of H-pyrrole nitrogens is 1. The molecular weight excluding hydrogens is 491 g/mol. The van der Waals surface area contributed by atoms with Crippen LogP contribution in [-0.2, 0) is 22.9 Å². The maximum absolute atomic E-state index is 13.5. The van der Waals surface area contributed by atoms with Gasteiger partial charge in [-0.3, -0.25) is 23.3 Å². The van der Waals surface area contributed by atoms with Crippen LogP contribution < -0.4 is 11.3 Å². The standard InChI is InChI=1S/C23H29N4O8P/c1-22(2)11-15(13-7-5-4-6-8-13)34-36(31,35-22)32-12-16-17(28)23(3,30)20(33-16)27-10-9-14-18(27)25-21(24)26-19(14)29/h4-10,15-17,20,28,30H,11-12H2,1-3H3,(H3,24,25,26,29)/t15-,16+,17+,20+,23+,36+/m0/s1. The number of hydrogen-bond donors (Lipinski definition) is 4. The predicted octanol–water partition coefficient (Wildman–Crippen LogP) is 2.40. The Hall–Kier alpha value is -2.57. The van der Waals surface area contributed by atoms with Gasteiger partial charge in [-0.1, -0.05) is 30.3 Å². The first kappa shape index (κ1) is 25.1. The van der Waals surface area contributed by atoms with E-state index in [9.17, 15) is 19.6 Å². The number of fused-ring (bicyclic) bond motifs is 1. The smallest absolute Gasteiger partial charge is 0.387 e. The number of nitrogen functional groups attached to an aromatic ring is 1. The Morgan fingerprint density at radius 3 is 2.72 bits per heavy atom. The lowest BCUT2D eigenvalue weighted by atomic mass is 9.96. The van der Waals surface area contributed by atoms with E-state index in [0.717, 1.165) is 5.56 Å². The van der Waals surface area contributed by atoms with Crippen LogP contribution in [-0.4, -0.2) is 54.8 Å². The van der Waals surface area contributed by atoms with E-state index in [-0.39, 0.29) is 17.0 Å². The highest BCUT2D eigenvalue weighted by Gasteiger charge is 2.54. The lowest BCUT2D eigenvalue weighted by Gasteiger charge is -2.39. The molecule has 2 fully saturated rings. The molecule has 194 valence electrons. The van der Waals surface area contributed by atoms with Gasteiger partial charge in [-0.2, -0.15) is 4.98 Å². The highest BCUT2D eigenvalue weighted by molar-refractivity contribution is 7.48. The number of rotatable bonds is 5. The summed E-state index contributed by atoms with van der Waals surface area (Å²) in [5.41, 5.74) is 3.62. The zero-order valence-electron chi connectivity index (χ0n) is 20.0. The van der Waals surface area contributed by atoms with Gasteiger partial charge >= 0.3 is 7.82 Å². The number of phosphoric ester groups is 1. The van der Waals surface area contributed by atoms with Crippen molar-refractivity contribution in [2.45, 2.75) is 62.9 Å². The molecule has 13 heteroatoms. The number of nitrogens with one attached hydrogen (secondary N) is 1. The lowest BCUT2D eigenvalue weighted by molar-refractivity contribution is -0.0964. The average molecular weight is 520 g/mol. The molecule has 0 amide bonds. The van der Waals surface area contributed by atoms with Gasteiger partial charge in [-0.15, -0.1) is 0 Å². The van der Waals surface area contributed by atoms with E-state index in [1.54, 1.807) is 13.8 Å². The predicted molar refractivity (Wildman–Crippen MR) is 129 cm³/mol. The molecule has 0 radical (unpaired) electrons. The van der Waals surface area contributed by atoms with Crippen LogP contribution in [0.1, 0.15) is 45.1 Å². The highest BCUT2D eigenvalue weighted by atomic mass is 31.2. The molecular formula is C23H29N4O8P. The van der Waals surface area contributed by atoms with Crippen LogP contribution in [0.3, 0.4) is 0 Å². The number of aliphatic hydroxyl groups excluding tert-OH is 1. The Morgan fingerprint density at radius 1 is 1.28 bits per heavy atom. The van der Waals surface area contributed by atoms with Crippen LogP contribution in [0.25, 0.3) is 11.0 Å². The van der Waals surface area contributed by atoms with Crippen molar-refractivity contribution in [3.63, 3.8) is 0 Å². The van der Waals surface area contributed by atoms with Gasteiger partial charge in [-0.05, 0) is 32.4 Å². The van der Waals surface area contributed by atoms with Crippen LogP contribution in [0.15, 0.2) is 47.4 Å². The van der Waals surface area contributed by atoms with Crippen LogP contribution >= 0.6 is 7.82 Å². The first-order valence-corrected chi connectivity index (χ1v) is 13.0. The third-order valence-corrected chi connectivity index (χ3v) is 8.16. The highest BCUT2D eigenvalue weighted by Crippen LogP contribution is 2.61. The Balaban J connectivity index is 1.36. The zero-order valence-corrected chi connectivity index (χ0v) is 20.9. The number of ether oxygens (including phenoxy) is 1. The van der Waals surface area contributed by atoms with Gasteiger partial charge in [0.1, 0.15) is 17.8 Å². The molecule has 4 heterocycles. The van der Waals surface area contributed by atoms with Crippen LogP contribution in [0.5, 0.6) is 0 Å². The Bertz CT molecular complexity index is 1370. The molecule has 0 unspecified atom stereocenters. The summed E-state index contributed by atoms with van der Waals surface area (Å²) in [5, 5.41) is 22.2. The van der Waals surface area contributed by atoms with Crippen molar-refractivity contribution in [1.82, 2.24) is 14.5 Å². The molecule has 2 aromatic heterocycles. The number of hydrogen-bond acceptors (Lipinski definition) is 10. The zero-order chi connectivity index (χ0) is 25.9. The number of anilines is 1. The number of benzene rings is 1. The third-order valence-electron chi connectivity index (χ3n) is 6.47. The van der Waals surface area contributed by atoms with E-state index in [2.05, 4.69) is 9.97 Å². The molecule has 0 saturated carbocycles.